The molecule has 0 fully saturated rings. The molecule has 178 valence electrons. The number of hydrogen-bond acceptors (Lipinski definition) is 8. The number of Topliss-reactive ketones (excluding diaryl/α,β-unsaturated/α-hetero) is 1. The van der Waals surface area contributed by atoms with Crippen LogP contribution in [0.25, 0.3) is 0 Å². The van der Waals surface area contributed by atoms with Gasteiger partial charge in [0.25, 0.3) is 5.69 Å². The Labute approximate surface area is 214 Å². The molecular weight excluding hydrogens is 508 g/mol. The minimum atomic E-state index is -0.511. The second-order valence-corrected chi connectivity index (χ2v) is 10.8. The molecule has 1 aromatic heterocycles. The third-order valence-corrected chi connectivity index (χ3v) is 8.51. The lowest BCUT2D eigenvalue weighted by Gasteiger charge is -2.36. The van der Waals surface area contributed by atoms with E-state index < -0.39 is 10.8 Å². The molecule has 8 nitrogen and oxygen atoms in total. The van der Waals surface area contributed by atoms with Gasteiger partial charge in [0.15, 0.2) is 10.1 Å². The van der Waals surface area contributed by atoms with E-state index in [-0.39, 0.29) is 23.8 Å². The van der Waals surface area contributed by atoms with Crippen molar-refractivity contribution in [1.29, 1.82) is 0 Å². The van der Waals surface area contributed by atoms with Crippen molar-refractivity contribution in [3.63, 3.8) is 0 Å². The number of rotatable bonds is 6. The number of anilines is 1. The van der Waals surface area contributed by atoms with E-state index in [1.54, 1.807) is 12.1 Å². The molecule has 0 radical (unpaired) electrons. The largest absolute Gasteiger partial charge is 0.294 e. The van der Waals surface area contributed by atoms with E-state index in [1.165, 1.54) is 40.1 Å². The topological polar surface area (TPSA) is 106 Å². The number of nitro benzene ring substituents is 1. The van der Waals surface area contributed by atoms with Crippen LogP contribution in [0.15, 0.2) is 64.1 Å². The molecule has 0 spiro atoms. The fourth-order valence-corrected chi connectivity index (χ4v) is 6.63. The molecule has 3 aromatic rings. The Morgan fingerprint density at radius 3 is 2.77 bits per heavy atom. The van der Waals surface area contributed by atoms with Crippen molar-refractivity contribution >= 4 is 57.2 Å². The average molecular weight is 527 g/mol. The molecule has 0 N–H and O–H groups in total. The highest BCUT2D eigenvalue weighted by Crippen LogP contribution is 2.45. The van der Waals surface area contributed by atoms with Crippen LogP contribution in [0.4, 0.5) is 10.8 Å². The first-order valence-electron chi connectivity index (χ1n) is 11.0. The van der Waals surface area contributed by atoms with Gasteiger partial charge in [0.1, 0.15) is 0 Å². The number of nitrogens with zero attached hydrogens (tertiary/aromatic N) is 4. The minimum absolute atomic E-state index is 0.0295. The lowest BCUT2D eigenvalue weighted by atomic mass is 9.77. The van der Waals surface area contributed by atoms with E-state index in [0.29, 0.717) is 56.3 Å². The molecular formula is C24H19ClN4O4S2. The number of allylic oxidation sites excluding steroid dienone is 2. The highest BCUT2D eigenvalue weighted by molar-refractivity contribution is 8.00. The van der Waals surface area contributed by atoms with Crippen LogP contribution in [0.1, 0.15) is 42.7 Å². The van der Waals surface area contributed by atoms with Crippen LogP contribution >= 0.6 is 34.7 Å². The van der Waals surface area contributed by atoms with Crippen molar-refractivity contribution < 1.29 is 14.5 Å². The van der Waals surface area contributed by atoms with Crippen molar-refractivity contribution in [2.45, 2.75) is 41.7 Å². The summed E-state index contributed by atoms with van der Waals surface area (Å²) in [4.78, 5) is 38.7. The van der Waals surface area contributed by atoms with Crippen molar-refractivity contribution in [1.82, 2.24) is 10.2 Å². The molecule has 1 amide bonds. The first kappa shape index (κ1) is 23.7. The summed E-state index contributed by atoms with van der Waals surface area (Å²) in [6, 6.07) is 13.8. The quantitative estimate of drug-likeness (QED) is 0.170. The Bertz CT molecular complexity index is 1370. The molecule has 35 heavy (non-hydrogen) atoms. The Morgan fingerprint density at radius 1 is 1.14 bits per heavy atom. The Balaban J connectivity index is 1.46. The number of carbonyl (C=O) groups excluding carboxylic acids is 2. The van der Waals surface area contributed by atoms with Gasteiger partial charge in [0, 0.05) is 52.9 Å². The molecule has 1 aliphatic carbocycles. The maximum atomic E-state index is 13.4. The van der Waals surface area contributed by atoms with E-state index in [4.69, 9.17) is 11.6 Å². The van der Waals surface area contributed by atoms with Crippen molar-refractivity contribution in [2.75, 3.05) is 4.90 Å². The fraction of sp³-hybridized carbons (Fsp3) is 0.250. The third kappa shape index (κ3) is 4.73. The normalized spacial score (nSPS) is 18.1. The molecule has 2 aliphatic rings. The highest BCUT2D eigenvalue weighted by atomic mass is 35.5. The third-order valence-electron chi connectivity index (χ3n) is 6.05. The van der Waals surface area contributed by atoms with Gasteiger partial charge < -0.3 is 0 Å². The molecule has 1 aliphatic heterocycles. The Morgan fingerprint density at radius 2 is 1.97 bits per heavy atom. The molecule has 11 heteroatoms. The molecule has 0 saturated heterocycles. The average Bonchev–Trinajstić information content (AvgIpc) is 3.31. The number of benzene rings is 2. The van der Waals surface area contributed by atoms with Crippen LogP contribution in [0, 0.1) is 10.1 Å². The SMILES string of the molecule is O=C1CCCC2=C1C(c1cccc([N+](=O)[O-])c1)CC(=O)N2c1nnc(SCc2ccccc2Cl)s1. The van der Waals surface area contributed by atoms with Gasteiger partial charge in [-0.25, -0.2) is 0 Å². The molecule has 0 bridgehead atoms. The lowest BCUT2D eigenvalue weighted by Crippen LogP contribution is -2.40. The number of hydrogen-bond donors (Lipinski definition) is 0. The molecule has 2 aromatic carbocycles. The maximum Gasteiger partial charge on any atom is 0.269 e. The van der Waals surface area contributed by atoms with E-state index >= 15 is 0 Å². The molecule has 0 saturated carbocycles. The zero-order valence-electron chi connectivity index (χ0n) is 18.3. The summed E-state index contributed by atoms with van der Waals surface area (Å²) >= 11 is 9.02. The summed E-state index contributed by atoms with van der Waals surface area (Å²) < 4.78 is 0.692. The highest BCUT2D eigenvalue weighted by Gasteiger charge is 2.41. The van der Waals surface area contributed by atoms with E-state index in [2.05, 4.69) is 10.2 Å². The molecule has 1 atom stereocenters. The van der Waals surface area contributed by atoms with Gasteiger partial charge in [0.05, 0.1) is 4.92 Å². The van der Waals surface area contributed by atoms with E-state index in [9.17, 15) is 19.7 Å². The number of carbonyl (C=O) groups is 2. The summed E-state index contributed by atoms with van der Waals surface area (Å²) in [5.74, 6) is -0.126. The number of non-ortho nitro benzene ring substituents is 1. The van der Waals surface area contributed by atoms with Crippen LogP contribution in [-0.4, -0.2) is 26.8 Å². The zero-order valence-corrected chi connectivity index (χ0v) is 20.7. The first-order valence-corrected chi connectivity index (χ1v) is 13.1. The first-order chi connectivity index (χ1) is 16.9. The van der Waals surface area contributed by atoms with Crippen LogP contribution < -0.4 is 4.90 Å². The van der Waals surface area contributed by atoms with Crippen molar-refractivity contribution in [3.8, 4) is 0 Å². The van der Waals surface area contributed by atoms with Gasteiger partial charge in [-0.05, 0) is 30.0 Å². The predicted molar refractivity (Wildman–Crippen MR) is 135 cm³/mol. The van der Waals surface area contributed by atoms with Crippen LogP contribution in [0.2, 0.25) is 5.02 Å². The molecule has 1 unspecified atom stereocenters. The predicted octanol–water partition coefficient (Wildman–Crippen LogP) is 5.92. The zero-order chi connectivity index (χ0) is 24.5. The lowest BCUT2D eigenvalue weighted by molar-refractivity contribution is -0.384. The van der Waals surface area contributed by atoms with Crippen LogP contribution in [0.3, 0.4) is 0 Å². The number of nitro groups is 1. The fourth-order valence-electron chi connectivity index (χ4n) is 4.46. The van der Waals surface area contributed by atoms with Gasteiger partial charge in [-0.3, -0.25) is 24.6 Å². The second-order valence-electron chi connectivity index (χ2n) is 8.21. The van der Waals surface area contributed by atoms with Gasteiger partial charge >= 0.3 is 0 Å². The number of aromatic nitrogens is 2. The molecule has 2 heterocycles. The Hall–Kier alpha value is -3.08. The summed E-state index contributed by atoms with van der Waals surface area (Å²) in [5.41, 5.74) is 2.70. The van der Waals surface area contributed by atoms with E-state index in [1.807, 2.05) is 24.3 Å². The summed E-state index contributed by atoms with van der Waals surface area (Å²) in [6.45, 7) is 0. The van der Waals surface area contributed by atoms with Crippen molar-refractivity contribution in [3.05, 3.63) is 86.1 Å². The maximum absolute atomic E-state index is 13.4. The monoisotopic (exact) mass is 526 g/mol. The van der Waals surface area contributed by atoms with Crippen molar-refractivity contribution in [2.24, 2.45) is 0 Å². The van der Waals surface area contributed by atoms with Gasteiger partial charge in [-0.15, -0.1) is 10.2 Å². The van der Waals surface area contributed by atoms with Gasteiger partial charge in [0.2, 0.25) is 11.0 Å². The number of ketones is 1. The van der Waals surface area contributed by atoms with E-state index in [0.717, 1.165) is 5.56 Å². The van der Waals surface area contributed by atoms with Gasteiger partial charge in [-0.2, -0.15) is 0 Å². The second kappa shape index (κ2) is 9.88. The summed E-state index contributed by atoms with van der Waals surface area (Å²) in [5, 5.41) is 20.9. The number of thioether (sulfide) groups is 1. The van der Waals surface area contributed by atoms with Crippen LogP contribution in [-0.2, 0) is 15.3 Å². The van der Waals surface area contributed by atoms with Gasteiger partial charge in [-0.1, -0.05) is 65.0 Å². The number of amides is 1. The number of halogens is 1. The Kier molecular flexibility index (Phi) is 6.68. The summed E-state index contributed by atoms with van der Waals surface area (Å²) in [6.07, 6.45) is 1.62. The standard InChI is InChI=1S/C24H19ClN4O4S2/c25-18-8-2-1-5-15(18)13-34-24-27-26-23(35-24)28-19-9-4-10-20(30)22(19)17(12-21(28)31)14-6-3-7-16(11-14)29(32)33/h1-3,5-8,11,17H,4,9-10,12-13H2. The summed E-state index contributed by atoms with van der Waals surface area (Å²) in [7, 11) is 0. The smallest absolute Gasteiger partial charge is 0.269 e. The van der Waals surface area contributed by atoms with Crippen LogP contribution in [0.5, 0.6) is 0 Å². The minimum Gasteiger partial charge on any atom is -0.294 e. The molecule has 5 rings (SSSR count).